The molecule has 0 saturated carbocycles. The van der Waals surface area contributed by atoms with Gasteiger partial charge in [-0.25, -0.2) is 4.39 Å². The van der Waals surface area contributed by atoms with Crippen LogP contribution < -0.4 is 5.32 Å². The molecule has 0 aliphatic heterocycles. The maximum absolute atomic E-state index is 13.1. The quantitative estimate of drug-likeness (QED) is 0.749. The van der Waals surface area contributed by atoms with Gasteiger partial charge in [-0.15, -0.1) is 0 Å². The van der Waals surface area contributed by atoms with Crippen molar-refractivity contribution in [1.29, 1.82) is 0 Å². The average Bonchev–Trinajstić information content (AvgIpc) is 2.25. The van der Waals surface area contributed by atoms with E-state index in [9.17, 15) is 14.0 Å². The molecule has 0 aliphatic carbocycles. The van der Waals surface area contributed by atoms with Crippen molar-refractivity contribution in [3.05, 3.63) is 41.7 Å². The molecule has 0 aromatic heterocycles. The van der Waals surface area contributed by atoms with Crippen molar-refractivity contribution in [2.75, 3.05) is 6.54 Å². The number of aliphatic carboxylic acids is 1. The first-order valence-electron chi connectivity index (χ1n) is 4.52. The lowest BCUT2D eigenvalue weighted by molar-refractivity contribution is -0.137. The predicted molar refractivity (Wildman–Crippen MR) is 56.1 cm³/mol. The van der Waals surface area contributed by atoms with E-state index in [1.165, 1.54) is 24.3 Å². The molecule has 0 fully saturated rings. The highest BCUT2D eigenvalue weighted by atomic mass is 19.1. The Kier molecular flexibility index (Phi) is 4.20. The third kappa shape index (κ3) is 3.91. The van der Waals surface area contributed by atoms with Gasteiger partial charge in [-0.05, 0) is 12.1 Å². The molecule has 0 spiro atoms. The summed E-state index contributed by atoms with van der Waals surface area (Å²) in [6.07, 6.45) is 2.37. The van der Waals surface area contributed by atoms with E-state index in [1.807, 2.05) is 0 Å². The van der Waals surface area contributed by atoms with Crippen LogP contribution >= 0.6 is 0 Å². The van der Waals surface area contributed by atoms with E-state index in [2.05, 4.69) is 5.32 Å². The summed E-state index contributed by atoms with van der Waals surface area (Å²) in [6, 6.07) is 5.96. The van der Waals surface area contributed by atoms with Gasteiger partial charge >= 0.3 is 5.97 Å². The fraction of sp³-hybridized carbons (Fsp3) is 0.0909. The normalized spacial score (nSPS) is 10.3. The molecule has 16 heavy (non-hydrogen) atoms. The third-order valence-corrected chi connectivity index (χ3v) is 1.73. The molecule has 1 aromatic carbocycles. The highest BCUT2D eigenvalue weighted by molar-refractivity contribution is 5.93. The number of amides is 1. The summed E-state index contributed by atoms with van der Waals surface area (Å²) >= 11 is 0. The minimum Gasteiger partial charge on any atom is -0.480 e. The first-order chi connectivity index (χ1) is 7.59. The second-order valence-electron chi connectivity index (χ2n) is 2.97. The van der Waals surface area contributed by atoms with E-state index in [1.54, 1.807) is 6.07 Å². The number of benzene rings is 1. The number of hydrogen-bond acceptors (Lipinski definition) is 2. The highest BCUT2D eigenvalue weighted by Crippen LogP contribution is 2.07. The zero-order chi connectivity index (χ0) is 12.0. The lowest BCUT2D eigenvalue weighted by Crippen LogP contribution is -2.27. The van der Waals surface area contributed by atoms with E-state index in [-0.39, 0.29) is 5.56 Å². The first-order valence-corrected chi connectivity index (χ1v) is 4.52. The van der Waals surface area contributed by atoms with E-state index in [4.69, 9.17) is 5.11 Å². The minimum absolute atomic E-state index is 0.271. The van der Waals surface area contributed by atoms with Gasteiger partial charge < -0.3 is 10.4 Å². The second kappa shape index (κ2) is 5.65. The maximum Gasteiger partial charge on any atom is 0.322 e. The van der Waals surface area contributed by atoms with Gasteiger partial charge in [-0.1, -0.05) is 18.2 Å². The monoisotopic (exact) mass is 223 g/mol. The Balaban J connectivity index is 2.57. The Morgan fingerprint density at radius 2 is 2.06 bits per heavy atom. The van der Waals surface area contributed by atoms with Crippen LogP contribution in [0.4, 0.5) is 4.39 Å². The standard InChI is InChI=1S/C11H10FNO3/c12-9-4-2-1-3-8(9)5-6-10(14)13-7-11(15)16/h1-6H,7H2,(H,13,14)(H,15,16). The summed E-state index contributed by atoms with van der Waals surface area (Å²) in [6.45, 7) is -0.458. The molecule has 2 N–H and O–H groups in total. The van der Waals surface area contributed by atoms with Crippen molar-refractivity contribution in [2.24, 2.45) is 0 Å². The molecule has 0 unspecified atom stereocenters. The van der Waals surface area contributed by atoms with Gasteiger partial charge in [0.25, 0.3) is 0 Å². The topological polar surface area (TPSA) is 66.4 Å². The minimum atomic E-state index is -1.13. The summed E-state index contributed by atoms with van der Waals surface area (Å²) in [5, 5.41) is 10.4. The number of halogens is 1. The number of hydrogen-bond donors (Lipinski definition) is 2. The van der Waals surface area contributed by atoms with Crippen LogP contribution in [0, 0.1) is 5.82 Å². The number of carbonyl (C=O) groups is 2. The molecule has 1 aromatic rings. The SMILES string of the molecule is O=C(O)CNC(=O)C=Cc1ccccc1F. The second-order valence-corrected chi connectivity index (χ2v) is 2.97. The fourth-order valence-corrected chi connectivity index (χ4v) is 0.997. The van der Waals surface area contributed by atoms with Crippen molar-refractivity contribution >= 4 is 18.0 Å². The van der Waals surface area contributed by atoms with Gasteiger partial charge in [-0.2, -0.15) is 0 Å². The van der Waals surface area contributed by atoms with Crippen LogP contribution in [0.5, 0.6) is 0 Å². The number of carboxylic acid groups (broad SMARTS) is 1. The Labute approximate surface area is 91.4 Å². The largest absolute Gasteiger partial charge is 0.480 e. The zero-order valence-electron chi connectivity index (χ0n) is 8.31. The van der Waals surface area contributed by atoms with Crippen LogP contribution in [0.2, 0.25) is 0 Å². The van der Waals surface area contributed by atoms with Gasteiger partial charge in [0.2, 0.25) is 5.91 Å². The molecule has 5 heteroatoms. The number of carbonyl (C=O) groups excluding carboxylic acids is 1. The van der Waals surface area contributed by atoms with E-state index in [0.717, 1.165) is 6.08 Å². The first kappa shape index (κ1) is 11.9. The van der Waals surface area contributed by atoms with Crippen molar-refractivity contribution in [3.63, 3.8) is 0 Å². The molecule has 0 radical (unpaired) electrons. The lowest BCUT2D eigenvalue weighted by Gasteiger charge is -1.97. The third-order valence-electron chi connectivity index (χ3n) is 1.73. The van der Waals surface area contributed by atoms with E-state index < -0.39 is 24.2 Å². The van der Waals surface area contributed by atoms with Gasteiger partial charge in [-0.3, -0.25) is 9.59 Å². The zero-order valence-corrected chi connectivity index (χ0v) is 8.31. The Morgan fingerprint density at radius 1 is 1.38 bits per heavy atom. The number of rotatable bonds is 4. The van der Waals surface area contributed by atoms with Gasteiger partial charge in [0.15, 0.2) is 0 Å². The molecule has 0 heterocycles. The van der Waals surface area contributed by atoms with E-state index in [0.29, 0.717) is 0 Å². The van der Waals surface area contributed by atoms with Crippen LogP contribution in [0.15, 0.2) is 30.3 Å². The van der Waals surface area contributed by atoms with Crippen LogP contribution in [-0.2, 0) is 9.59 Å². The van der Waals surface area contributed by atoms with Gasteiger partial charge in [0.05, 0.1) is 0 Å². The highest BCUT2D eigenvalue weighted by Gasteiger charge is 2.00. The molecule has 1 amide bonds. The maximum atomic E-state index is 13.1. The predicted octanol–water partition coefficient (Wildman–Crippen LogP) is 1.04. The molecule has 0 aliphatic rings. The number of nitrogens with one attached hydrogen (secondary N) is 1. The van der Waals surface area contributed by atoms with Crippen molar-refractivity contribution < 1.29 is 19.1 Å². The van der Waals surface area contributed by atoms with Gasteiger partial charge in [0, 0.05) is 11.6 Å². The molecule has 1 rings (SSSR count). The lowest BCUT2D eigenvalue weighted by atomic mass is 10.2. The van der Waals surface area contributed by atoms with Crippen molar-refractivity contribution in [3.8, 4) is 0 Å². The molecule has 84 valence electrons. The van der Waals surface area contributed by atoms with Crippen molar-refractivity contribution in [2.45, 2.75) is 0 Å². The average molecular weight is 223 g/mol. The molecule has 0 saturated heterocycles. The van der Waals surface area contributed by atoms with Crippen LogP contribution in [0.1, 0.15) is 5.56 Å². The van der Waals surface area contributed by atoms with Crippen LogP contribution in [-0.4, -0.2) is 23.5 Å². The summed E-state index contributed by atoms with van der Waals surface area (Å²) in [4.78, 5) is 21.2. The number of carboxylic acids is 1. The van der Waals surface area contributed by atoms with Crippen molar-refractivity contribution in [1.82, 2.24) is 5.32 Å². The summed E-state index contributed by atoms with van der Waals surface area (Å²) in [7, 11) is 0. The molecule has 0 bridgehead atoms. The summed E-state index contributed by atoms with van der Waals surface area (Å²) in [5.41, 5.74) is 0.271. The molecular weight excluding hydrogens is 213 g/mol. The fourth-order valence-electron chi connectivity index (χ4n) is 0.997. The Hall–Kier alpha value is -2.17. The summed E-state index contributed by atoms with van der Waals surface area (Å²) < 4.78 is 13.1. The van der Waals surface area contributed by atoms with E-state index >= 15 is 0 Å². The molecule has 0 atom stereocenters. The smallest absolute Gasteiger partial charge is 0.322 e. The van der Waals surface area contributed by atoms with Crippen LogP contribution in [0.25, 0.3) is 6.08 Å². The van der Waals surface area contributed by atoms with Crippen LogP contribution in [0.3, 0.4) is 0 Å². The Morgan fingerprint density at radius 3 is 2.69 bits per heavy atom. The Bertz CT molecular complexity index is 429. The molecule has 4 nitrogen and oxygen atoms in total. The summed E-state index contributed by atoms with van der Waals surface area (Å²) in [5.74, 6) is -2.15. The molecular formula is C11H10FNO3. The van der Waals surface area contributed by atoms with Gasteiger partial charge in [0.1, 0.15) is 12.4 Å².